The lowest BCUT2D eigenvalue weighted by Gasteiger charge is -2.21. The molecule has 5 heteroatoms. The number of amides is 2. The Morgan fingerprint density at radius 2 is 2.10 bits per heavy atom. The summed E-state index contributed by atoms with van der Waals surface area (Å²) in [6.45, 7) is 3.01. The third-order valence-electron chi connectivity index (χ3n) is 3.47. The van der Waals surface area contributed by atoms with Crippen LogP contribution in [0.15, 0.2) is 30.3 Å². The van der Waals surface area contributed by atoms with Gasteiger partial charge in [0.1, 0.15) is 13.2 Å². The van der Waals surface area contributed by atoms with E-state index < -0.39 is 6.09 Å². The smallest absolute Gasteiger partial charge is 0.407 e. The van der Waals surface area contributed by atoms with Crippen LogP contribution in [0.2, 0.25) is 0 Å². The number of ether oxygens (including phenoxy) is 1. The molecular formula is C15H20N2O3. The fourth-order valence-corrected chi connectivity index (χ4v) is 2.33. The number of hydrogen-bond acceptors (Lipinski definition) is 3. The minimum absolute atomic E-state index is 0.00202. The largest absolute Gasteiger partial charge is 0.445 e. The molecule has 1 heterocycles. The summed E-state index contributed by atoms with van der Waals surface area (Å²) in [7, 11) is 0. The topological polar surface area (TPSA) is 58.6 Å². The van der Waals surface area contributed by atoms with Crippen LogP contribution in [0, 0.1) is 0 Å². The van der Waals surface area contributed by atoms with Gasteiger partial charge in [0.2, 0.25) is 5.91 Å². The second-order valence-corrected chi connectivity index (χ2v) is 4.99. The molecule has 1 fully saturated rings. The van der Waals surface area contributed by atoms with Crippen molar-refractivity contribution in [3.05, 3.63) is 35.9 Å². The van der Waals surface area contributed by atoms with Crippen molar-refractivity contribution in [1.29, 1.82) is 0 Å². The number of carbonyl (C=O) groups excluding carboxylic acids is 2. The van der Waals surface area contributed by atoms with Crippen molar-refractivity contribution >= 4 is 12.0 Å². The Balaban J connectivity index is 1.68. The molecule has 0 aliphatic carbocycles. The average molecular weight is 276 g/mol. The standard InChI is InChI=1S/C15H20N2O3/c1-12-6-5-9-17(12)14(18)10-16-15(19)20-11-13-7-3-2-4-8-13/h2-4,7-8,12H,5-6,9-11H2,1H3,(H,16,19)/t12-/m1/s1. The van der Waals surface area contributed by atoms with Crippen LogP contribution in [0.25, 0.3) is 0 Å². The Kier molecular flexibility index (Phi) is 4.98. The predicted octanol–water partition coefficient (Wildman–Crippen LogP) is 1.92. The lowest BCUT2D eigenvalue weighted by atomic mass is 10.2. The summed E-state index contributed by atoms with van der Waals surface area (Å²) in [5, 5.41) is 2.50. The van der Waals surface area contributed by atoms with E-state index in [4.69, 9.17) is 4.74 Å². The number of nitrogens with zero attached hydrogens (tertiary/aromatic N) is 1. The van der Waals surface area contributed by atoms with Gasteiger partial charge in [-0.2, -0.15) is 0 Å². The molecule has 1 aromatic carbocycles. The molecule has 0 aromatic heterocycles. The first-order valence-electron chi connectivity index (χ1n) is 6.91. The van der Waals surface area contributed by atoms with Crippen molar-refractivity contribution in [2.75, 3.05) is 13.1 Å². The summed E-state index contributed by atoms with van der Waals surface area (Å²) < 4.78 is 5.05. The van der Waals surface area contributed by atoms with E-state index in [9.17, 15) is 9.59 Å². The molecule has 2 amide bonds. The zero-order valence-corrected chi connectivity index (χ0v) is 11.7. The van der Waals surface area contributed by atoms with Gasteiger partial charge in [0, 0.05) is 12.6 Å². The molecule has 108 valence electrons. The molecule has 1 saturated heterocycles. The van der Waals surface area contributed by atoms with Gasteiger partial charge < -0.3 is 15.0 Å². The molecule has 1 aliphatic rings. The lowest BCUT2D eigenvalue weighted by molar-refractivity contribution is -0.130. The summed E-state index contributed by atoms with van der Waals surface area (Å²) in [5.74, 6) is -0.0494. The van der Waals surface area contributed by atoms with Crippen molar-refractivity contribution in [3.8, 4) is 0 Å². The van der Waals surface area contributed by atoms with Gasteiger partial charge in [-0.1, -0.05) is 30.3 Å². The predicted molar refractivity (Wildman–Crippen MR) is 75.0 cm³/mol. The molecule has 0 bridgehead atoms. The molecule has 0 saturated carbocycles. The van der Waals surface area contributed by atoms with Crippen LogP contribution in [-0.4, -0.2) is 36.0 Å². The first kappa shape index (κ1) is 14.4. The molecule has 1 atom stereocenters. The van der Waals surface area contributed by atoms with Crippen LogP contribution in [-0.2, 0) is 16.1 Å². The van der Waals surface area contributed by atoms with Crippen LogP contribution in [0.5, 0.6) is 0 Å². The molecule has 1 N–H and O–H groups in total. The van der Waals surface area contributed by atoms with Gasteiger partial charge in [0.15, 0.2) is 0 Å². The highest BCUT2D eigenvalue weighted by Gasteiger charge is 2.24. The van der Waals surface area contributed by atoms with Gasteiger partial charge in [0.25, 0.3) is 0 Å². The van der Waals surface area contributed by atoms with Crippen LogP contribution in [0.1, 0.15) is 25.3 Å². The maximum Gasteiger partial charge on any atom is 0.407 e. The summed E-state index contributed by atoms with van der Waals surface area (Å²) in [6.07, 6.45) is 1.50. The summed E-state index contributed by atoms with van der Waals surface area (Å²) >= 11 is 0. The summed E-state index contributed by atoms with van der Waals surface area (Å²) in [4.78, 5) is 25.2. The number of likely N-dealkylation sites (tertiary alicyclic amines) is 1. The first-order chi connectivity index (χ1) is 9.66. The Hall–Kier alpha value is -2.04. The Morgan fingerprint density at radius 3 is 2.75 bits per heavy atom. The zero-order valence-electron chi connectivity index (χ0n) is 11.7. The fraction of sp³-hybridized carbons (Fsp3) is 0.467. The van der Waals surface area contributed by atoms with Crippen molar-refractivity contribution in [2.24, 2.45) is 0 Å². The zero-order chi connectivity index (χ0) is 14.4. The maximum absolute atomic E-state index is 11.9. The van der Waals surface area contributed by atoms with Gasteiger partial charge >= 0.3 is 6.09 Å². The molecule has 0 radical (unpaired) electrons. The van der Waals surface area contributed by atoms with E-state index in [0.717, 1.165) is 24.9 Å². The number of nitrogens with one attached hydrogen (secondary N) is 1. The second kappa shape index (κ2) is 6.93. The maximum atomic E-state index is 11.9. The molecular weight excluding hydrogens is 256 g/mol. The monoisotopic (exact) mass is 276 g/mol. The number of benzene rings is 1. The van der Waals surface area contributed by atoms with E-state index >= 15 is 0 Å². The number of carbonyl (C=O) groups is 2. The van der Waals surface area contributed by atoms with E-state index in [1.54, 1.807) is 4.90 Å². The van der Waals surface area contributed by atoms with E-state index in [1.807, 2.05) is 37.3 Å². The molecule has 20 heavy (non-hydrogen) atoms. The first-order valence-corrected chi connectivity index (χ1v) is 6.91. The minimum atomic E-state index is -0.561. The highest BCUT2D eigenvalue weighted by Crippen LogP contribution is 2.15. The third-order valence-corrected chi connectivity index (χ3v) is 3.47. The van der Waals surface area contributed by atoms with Crippen LogP contribution in [0.4, 0.5) is 4.79 Å². The highest BCUT2D eigenvalue weighted by molar-refractivity contribution is 5.82. The molecule has 1 aromatic rings. The fourth-order valence-electron chi connectivity index (χ4n) is 2.33. The molecule has 0 unspecified atom stereocenters. The van der Waals surface area contributed by atoms with Crippen molar-refractivity contribution in [1.82, 2.24) is 10.2 Å². The van der Waals surface area contributed by atoms with E-state index in [0.29, 0.717) is 0 Å². The average Bonchev–Trinajstić information content (AvgIpc) is 2.90. The van der Waals surface area contributed by atoms with E-state index in [-0.39, 0.29) is 25.1 Å². The van der Waals surface area contributed by atoms with Crippen molar-refractivity contribution in [3.63, 3.8) is 0 Å². The van der Waals surface area contributed by atoms with E-state index in [1.165, 1.54) is 0 Å². The van der Waals surface area contributed by atoms with Gasteiger partial charge in [0.05, 0.1) is 0 Å². The summed E-state index contributed by atoms with van der Waals surface area (Å²) in [6, 6.07) is 9.70. The van der Waals surface area contributed by atoms with Crippen LogP contribution in [0.3, 0.4) is 0 Å². The van der Waals surface area contributed by atoms with Crippen LogP contribution < -0.4 is 5.32 Å². The van der Waals surface area contributed by atoms with E-state index in [2.05, 4.69) is 5.32 Å². The summed E-state index contributed by atoms with van der Waals surface area (Å²) in [5.41, 5.74) is 0.919. The van der Waals surface area contributed by atoms with Gasteiger partial charge in [-0.3, -0.25) is 4.79 Å². The van der Waals surface area contributed by atoms with Gasteiger partial charge in [-0.05, 0) is 25.3 Å². The SMILES string of the molecule is C[C@@H]1CCCN1C(=O)CNC(=O)OCc1ccccc1. The Bertz CT molecular complexity index is 461. The van der Waals surface area contributed by atoms with Gasteiger partial charge in [-0.15, -0.1) is 0 Å². The normalized spacial score (nSPS) is 17.9. The number of rotatable bonds is 4. The quantitative estimate of drug-likeness (QED) is 0.914. The number of hydrogen-bond donors (Lipinski definition) is 1. The second-order valence-electron chi connectivity index (χ2n) is 4.99. The molecule has 1 aliphatic heterocycles. The third kappa shape index (κ3) is 3.98. The van der Waals surface area contributed by atoms with Gasteiger partial charge in [-0.25, -0.2) is 4.79 Å². The highest BCUT2D eigenvalue weighted by atomic mass is 16.5. The lowest BCUT2D eigenvalue weighted by Crippen LogP contribution is -2.41. The Morgan fingerprint density at radius 1 is 1.35 bits per heavy atom. The number of alkyl carbamates (subject to hydrolysis) is 1. The van der Waals surface area contributed by atoms with Crippen molar-refractivity contribution in [2.45, 2.75) is 32.4 Å². The van der Waals surface area contributed by atoms with Crippen LogP contribution >= 0.6 is 0 Å². The van der Waals surface area contributed by atoms with Crippen molar-refractivity contribution < 1.29 is 14.3 Å². The molecule has 2 rings (SSSR count). The minimum Gasteiger partial charge on any atom is -0.445 e. The Labute approximate surface area is 118 Å². The molecule has 5 nitrogen and oxygen atoms in total. The molecule has 0 spiro atoms.